The van der Waals surface area contributed by atoms with E-state index in [1.54, 1.807) is 12.1 Å². The minimum atomic E-state index is -0.395. The molecule has 3 aromatic carbocycles. The second-order valence-electron chi connectivity index (χ2n) is 8.85. The Morgan fingerprint density at radius 2 is 1.69 bits per heavy atom. The highest BCUT2D eigenvalue weighted by molar-refractivity contribution is 5.95. The lowest BCUT2D eigenvalue weighted by Gasteiger charge is -2.23. The lowest BCUT2D eigenvalue weighted by atomic mass is 9.92. The molecule has 2 aliphatic heterocycles. The van der Waals surface area contributed by atoms with Crippen LogP contribution in [0.2, 0.25) is 0 Å². The summed E-state index contributed by atoms with van der Waals surface area (Å²) < 4.78 is 35.6. The Kier molecular flexibility index (Phi) is 6.21. The first kappa shape index (κ1) is 23.3. The average molecular weight is 496 g/mol. The number of hydrogen-bond acceptors (Lipinski definition) is 3. The largest absolute Gasteiger partial charge is 0.488 e. The summed E-state index contributed by atoms with van der Waals surface area (Å²) in [6.07, 6.45) is 3.81. The second-order valence-corrected chi connectivity index (χ2v) is 8.85. The fourth-order valence-electron chi connectivity index (χ4n) is 5.07. The minimum absolute atomic E-state index is 0. The first-order valence-electron chi connectivity index (χ1n) is 11.4. The van der Waals surface area contributed by atoms with Gasteiger partial charge in [0.1, 0.15) is 24.0 Å². The number of benzene rings is 3. The van der Waals surface area contributed by atoms with Crippen LogP contribution in [0.25, 0.3) is 22.7 Å². The number of nitrogens with zero attached hydrogens (tertiary/aromatic N) is 1. The summed E-state index contributed by atoms with van der Waals surface area (Å²) in [6, 6.07) is 15.1. The molecule has 0 saturated carbocycles. The van der Waals surface area contributed by atoms with Crippen LogP contribution in [0.5, 0.6) is 5.75 Å². The van der Waals surface area contributed by atoms with Gasteiger partial charge in [-0.15, -0.1) is 12.4 Å². The third kappa shape index (κ3) is 4.26. The summed E-state index contributed by atoms with van der Waals surface area (Å²) in [5.74, 6) is -0.333. The number of H-pyrrole nitrogens is 1. The molecule has 6 rings (SSSR count). The molecule has 0 spiro atoms. The minimum Gasteiger partial charge on any atom is -0.488 e. The summed E-state index contributed by atoms with van der Waals surface area (Å²) >= 11 is 0. The molecule has 8 heteroatoms. The molecule has 3 heterocycles. The highest BCUT2D eigenvalue weighted by Crippen LogP contribution is 2.38. The van der Waals surface area contributed by atoms with Gasteiger partial charge >= 0.3 is 5.69 Å². The van der Waals surface area contributed by atoms with Crippen molar-refractivity contribution in [2.45, 2.75) is 25.5 Å². The Morgan fingerprint density at radius 1 is 0.943 bits per heavy atom. The number of aromatic nitrogens is 2. The molecular formula is C27H24ClF2N3O2. The van der Waals surface area contributed by atoms with Crippen LogP contribution >= 0.6 is 12.4 Å². The monoisotopic (exact) mass is 495 g/mol. The van der Waals surface area contributed by atoms with Gasteiger partial charge in [-0.3, -0.25) is 4.57 Å². The number of piperidine rings is 1. The van der Waals surface area contributed by atoms with Gasteiger partial charge in [0.2, 0.25) is 0 Å². The van der Waals surface area contributed by atoms with Crippen LogP contribution in [0.1, 0.15) is 41.1 Å². The van der Waals surface area contributed by atoms with Crippen molar-refractivity contribution < 1.29 is 13.5 Å². The quantitative estimate of drug-likeness (QED) is 0.389. The molecule has 4 aromatic rings. The third-order valence-corrected chi connectivity index (χ3v) is 6.70. The maximum atomic E-state index is 14.0. The summed E-state index contributed by atoms with van der Waals surface area (Å²) in [6.45, 7) is 1.94. The number of fused-ring (bicyclic) bond motifs is 3. The average Bonchev–Trinajstić information content (AvgIpc) is 3.09. The zero-order valence-corrected chi connectivity index (χ0v) is 19.6. The molecule has 0 aliphatic carbocycles. The van der Waals surface area contributed by atoms with Gasteiger partial charge in [0.25, 0.3) is 0 Å². The van der Waals surface area contributed by atoms with Gasteiger partial charge in [-0.05, 0) is 85.1 Å². The first-order valence-corrected chi connectivity index (χ1v) is 11.4. The number of nitrogens with one attached hydrogen (secondary N) is 2. The molecule has 1 fully saturated rings. The Labute approximate surface area is 206 Å². The molecule has 0 amide bonds. The zero-order valence-electron chi connectivity index (χ0n) is 18.8. The lowest BCUT2D eigenvalue weighted by Crippen LogP contribution is -2.33. The number of hydrogen-bond donors (Lipinski definition) is 2. The van der Waals surface area contributed by atoms with Crippen molar-refractivity contribution >= 4 is 35.1 Å². The Morgan fingerprint density at radius 3 is 2.49 bits per heavy atom. The van der Waals surface area contributed by atoms with E-state index in [1.807, 2.05) is 28.8 Å². The standard InChI is InChI=1S/C27H23F2N3O2.ClH/c28-18-2-4-21-17(13-18)15-34-26-14-19(29)3-5-22(26)23(21)11-16-1-6-25-24(12-16)31-27(33)32(25)20-7-9-30-10-8-20;/h1-6,11-14,20,30H,7-10,15H2,(H,31,33);1H/b23-11+;. The number of halogens is 3. The summed E-state index contributed by atoms with van der Waals surface area (Å²) in [5.41, 5.74) is 5.47. The predicted octanol–water partition coefficient (Wildman–Crippen LogP) is 5.44. The molecule has 2 N–H and O–H groups in total. The van der Waals surface area contributed by atoms with E-state index in [9.17, 15) is 13.6 Å². The SMILES string of the molecule is Cl.O=c1[nH]c2cc(/C=C3\c4ccc(F)cc4COc4cc(F)ccc43)ccc2n1C1CCNCC1. The van der Waals surface area contributed by atoms with Crippen molar-refractivity contribution in [2.24, 2.45) is 0 Å². The highest BCUT2D eigenvalue weighted by Gasteiger charge is 2.22. The van der Waals surface area contributed by atoms with Gasteiger partial charge < -0.3 is 15.0 Å². The van der Waals surface area contributed by atoms with E-state index in [-0.39, 0.29) is 36.6 Å². The fourth-order valence-corrected chi connectivity index (χ4v) is 5.07. The molecular weight excluding hydrogens is 472 g/mol. The molecule has 1 aromatic heterocycles. The Bertz CT molecular complexity index is 1450. The van der Waals surface area contributed by atoms with Crippen LogP contribution < -0.4 is 15.7 Å². The first-order chi connectivity index (χ1) is 16.6. The van der Waals surface area contributed by atoms with Crippen LogP contribution in [0, 0.1) is 11.6 Å². The molecule has 1 saturated heterocycles. The summed E-state index contributed by atoms with van der Waals surface area (Å²) in [5, 5.41) is 3.34. The Hall–Kier alpha value is -3.42. The Balaban J connectivity index is 0.00000253. The smallest absolute Gasteiger partial charge is 0.326 e. The van der Waals surface area contributed by atoms with E-state index in [0.717, 1.165) is 59.2 Å². The highest BCUT2D eigenvalue weighted by atomic mass is 35.5. The van der Waals surface area contributed by atoms with Crippen molar-refractivity contribution in [3.8, 4) is 5.75 Å². The van der Waals surface area contributed by atoms with E-state index >= 15 is 0 Å². The molecule has 0 atom stereocenters. The van der Waals surface area contributed by atoms with Gasteiger partial charge in [0.15, 0.2) is 0 Å². The third-order valence-electron chi connectivity index (χ3n) is 6.70. The molecule has 35 heavy (non-hydrogen) atoms. The van der Waals surface area contributed by atoms with E-state index in [2.05, 4.69) is 10.3 Å². The van der Waals surface area contributed by atoms with E-state index < -0.39 is 5.82 Å². The van der Waals surface area contributed by atoms with Gasteiger partial charge in [0.05, 0.1) is 11.0 Å². The van der Waals surface area contributed by atoms with Crippen LogP contribution in [0.3, 0.4) is 0 Å². The number of rotatable bonds is 2. The van der Waals surface area contributed by atoms with Gasteiger partial charge in [-0.2, -0.15) is 0 Å². The normalized spacial score (nSPS) is 16.8. The number of ether oxygens (including phenoxy) is 1. The van der Waals surface area contributed by atoms with Crippen molar-refractivity contribution in [1.82, 2.24) is 14.9 Å². The number of imidazole rings is 1. The molecule has 0 unspecified atom stereocenters. The molecule has 5 nitrogen and oxygen atoms in total. The van der Waals surface area contributed by atoms with Crippen molar-refractivity contribution in [2.75, 3.05) is 13.1 Å². The fraction of sp³-hybridized carbons (Fsp3) is 0.222. The van der Waals surface area contributed by atoms with Crippen LogP contribution in [0.4, 0.5) is 8.78 Å². The predicted molar refractivity (Wildman–Crippen MR) is 135 cm³/mol. The van der Waals surface area contributed by atoms with Crippen LogP contribution in [-0.4, -0.2) is 22.6 Å². The van der Waals surface area contributed by atoms with Crippen molar-refractivity contribution in [3.63, 3.8) is 0 Å². The van der Waals surface area contributed by atoms with Crippen molar-refractivity contribution in [3.05, 3.63) is 99.0 Å². The van der Waals surface area contributed by atoms with Crippen molar-refractivity contribution in [1.29, 1.82) is 0 Å². The number of aromatic amines is 1. The van der Waals surface area contributed by atoms with E-state index in [4.69, 9.17) is 4.74 Å². The van der Waals surface area contributed by atoms with Crippen LogP contribution in [0.15, 0.2) is 59.4 Å². The summed E-state index contributed by atoms with van der Waals surface area (Å²) in [7, 11) is 0. The van der Waals surface area contributed by atoms with Gasteiger partial charge in [-0.1, -0.05) is 12.1 Å². The van der Waals surface area contributed by atoms with Gasteiger partial charge in [-0.25, -0.2) is 13.6 Å². The van der Waals surface area contributed by atoms with E-state index in [1.165, 1.54) is 24.3 Å². The topological polar surface area (TPSA) is 59.1 Å². The molecule has 0 bridgehead atoms. The maximum absolute atomic E-state index is 14.0. The van der Waals surface area contributed by atoms with E-state index in [0.29, 0.717) is 11.3 Å². The van der Waals surface area contributed by atoms with Gasteiger partial charge in [0, 0.05) is 23.2 Å². The van der Waals surface area contributed by atoms with Crippen LogP contribution in [-0.2, 0) is 6.61 Å². The maximum Gasteiger partial charge on any atom is 0.326 e. The molecule has 180 valence electrons. The molecule has 2 aliphatic rings. The zero-order chi connectivity index (χ0) is 23.2. The summed E-state index contributed by atoms with van der Waals surface area (Å²) in [4.78, 5) is 15.8. The molecule has 0 radical (unpaired) electrons. The lowest BCUT2D eigenvalue weighted by molar-refractivity contribution is 0.305. The second kappa shape index (κ2) is 9.32.